The average Bonchev–Trinajstić information content (AvgIpc) is 1.88. The molecule has 0 saturated heterocycles. The van der Waals surface area contributed by atoms with E-state index in [1.165, 1.54) is 5.56 Å². The number of hydrogen-bond acceptors (Lipinski definition) is 0. The summed E-state index contributed by atoms with van der Waals surface area (Å²) >= 11 is 3.51. The Morgan fingerprint density at radius 1 is 1.30 bits per heavy atom. The fraction of sp³-hybridized carbons (Fsp3) is 0.333. The molecular formula is C9H11Br. The summed E-state index contributed by atoms with van der Waals surface area (Å²) in [5.74, 6) is 0. The van der Waals surface area contributed by atoms with Crippen molar-refractivity contribution in [2.75, 3.05) is 0 Å². The zero-order valence-electron chi connectivity index (χ0n) is 6.05. The molecule has 0 radical (unpaired) electrons. The van der Waals surface area contributed by atoms with Gasteiger partial charge in [-0.05, 0) is 12.0 Å². The molecule has 0 saturated carbocycles. The van der Waals surface area contributed by atoms with Gasteiger partial charge in [-0.2, -0.15) is 0 Å². The van der Waals surface area contributed by atoms with Gasteiger partial charge < -0.3 is 0 Å². The number of halogens is 1. The van der Waals surface area contributed by atoms with Crippen LogP contribution in [0, 0.1) is 0 Å². The smallest absolute Gasteiger partial charge is 0.0157 e. The third kappa shape index (κ3) is 2.53. The summed E-state index contributed by atoms with van der Waals surface area (Å²) < 4.78 is 0. The molecule has 1 atom stereocenters. The maximum absolute atomic E-state index is 3.51. The zero-order valence-corrected chi connectivity index (χ0v) is 7.64. The van der Waals surface area contributed by atoms with E-state index < -0.39 is 0 Å². The molecule has 1 aromatic rings. The maximum Gasteiger partial charge on any atom is 0.0157 e. The Morgan fingerprint density at radius 2 is 1.90 bits per heavy atom. The molecule has 0 aliphatic carbocycles. The summed E-state index contributed by atoms with van der Waals surface area (Å²) in [6.07, 6.45) is 1.11. The molecule has 0 bridgehead atoms. The summed E-state index contributed by atoms with van der Waals surface area (Å²) in [7, 11) is 0. The zero-order chi connectivity index (χ0) is 7.40. The monoisotopic (exact) mass is 198 g/mol. The first kappa shape index (κ1) is 7.80. The minimum absolute atomic E-state index is 0.579. The summed E-state index contributed by atoms with van der Waals surface area (Å²) in [6, 6.07) is 10.5. The van der Waals surface area contributed by atoms with Crippen molar-refractivity contribution in [3.05, 3.63) is 35.9 Å². The molecule has 0 unspecified atom stereocenters. The molecule has 0 heterocycles. The summed E-state index contributed by atoms with van der Waals surface area (Å²) in [4.78, 5) is 0.579. The van der Waals surface area contributed by atoms with Crippen molar-refractivity contribution >= 4 is 15.9 Å². The lowest BCUT2D eigenvalue weighted by atomic mass is 10.1. The van der Waals surface area contributed by atoms with E-state index in [0.29, 0.717) is 4.83 Å². The highest BCUT2D eigenvalue weighted by atomic mass is 79.9. The molecule has 0 amide bonds. The Hall–Kier alpha value is -0.300. The molecule has 1 rings (SSSR count). The third-order valence-electron chi connectivity index (χ3n) is 1.36. The van der Waals surface area contributed by atoms with Crippen LogP contribution >= 0.6 is 15.9 Å². The van der Waals surface area contributed by atoms with E-state index in [2.05, 4.69) is 47.1 Å². The minimum atomic E-state index is 0.579. The van der Waals surface area contributed by atoms with Crippen LogP contribution in [0.15, 0.2) is 30.3 Å². The van der Waals surface area contributed by atoms with E-state index in [0.717, 1.165) is 6.42 Å². The molecule has 0 aromatic heterocycles. The van der Waals surface area contributed by atoms with E-state index in [1.54, 1.807) is 0 Å². The highest BCUT2D eigenvalue weighted by Gasteiger charge is 1.95. The normalized spacial score (nSPS) is 13.0. The van der Waals surface area contributed by atoms with Crippen molar-refractivity contribution in [2.24, 2.45) is 0 Å². The second-order valence-corrected chi connectivity index (χ2v) is 4.03. The van der Waals surface area contributed by atoms with Crippen LogP contribution in [-0.2, 0) is 6.42 Å². The molecule has 1 aromatic carbocycles. The van der Waals surface area contributed by atoms with Crippen LogP contribution in [0.3, 0.4) is 0 Å². The van der Waals surface area contributed by atoms with Gasteiger partial charge in [0, 0.05) is 4.83 Å². The SMILES string of the molecule is C[C@@H](Br)Cc1ccccc1. The molecule has 0 nitrogen and oxygen atoms in total. The van der Waals surface area contributed by atoms with Crippen LogP contribution in [0.2, 0.25) is 0 Å². The molecule has 0 spiro atoms. The Morgan fingerprint density at radius 3 is 2.40 bits per heavy atom. The van der Waals surface area contributed by atoms with Crippen LogP contribution in [0.25, 0.3) is 0 Å². The summed E-state index contributed by atoms with van der Waals surface area (Å²) in [5, 5.41) is 0. The standard InChI is InChI=1S/C9H11Br/c1-8(10)7-9-5-3-2-4-6-9/h2-6,8H,7H2,1H3/t8-/m1/s1. The first-order chi connectivity index (χ1) is 4.79. The highest BCUT2D eigenvalue weighted by molar-refractivity contribution is 9.09. The third-order valence-corrected chi connectivity index (χ3v) is 1.68. The number of alkyl halides is 1. The van der Waals surface area contributed by atoms with Gasteiger partial charge >= 0.3 is 0 Å². The van der Waals surface area contributed by atoms with Crippen LogP contribution in [0.1, 0.15) is 12.5 Å². The number of benzene rings is 1. The molecule has 0 aliphatic rings. The van der Waals surface area contributed by atoms with Gasteiger partial charge in [0.2, 0.25) is 0 Å². The van der Waals surface area contributed by atoms with Crippen molar-refractivity contribution in [2.45, 2.75) is 18.2 Å². The van der Waals surface area contributed by atoms with Crippen LogP contribution in [-0.4, -0.2) is 4.83 Å². The predicted molar refractivity (Wildman–Crippen MR) is 48.5 cm³/mol. The Labute approximate surface area is 70.4 Å². The lowest BCUT2D eigenvalue weighted by Crippen LogP contribution is -1.94. The molecule has 10 heavy (non-hydrogen) atoms. The fourth-order valence-electron chi connectivity index (χ4n) is 0.939. The van der Waals surface area contributed by atoms with Crippen LogP contribution < -0.4 is 0 Å². The van der Waals surface area contributed by atoms with Crippen molar-refractivity contribution in [1.82, 2.24) is 0 Å². The maximum atomic E-state index is 3.51. The van der Waals surface area contributed by atoms with Gasteiger partial charge in [0.1, 0.15) is 0 Å². The van der Waals surface area contributed by atoms with Crippen molar-refractivity contribution in [3.8, 4) is 0 Å². The van der Waals surface area contributed by atoms with E-state index in [-0.39, 0.29) is 0 Å². The van der Waals surface area contributed by atoms with Gasteiger partial charge in [-0.3, -0.25) is 0 Å². The van der Waals surface area contributed by atoms with Gasteiger partial charge in [0.05, 0.1) is 0 Å². The molecule has 1 heteroatoms. The van der Waals surface area contributed by atoms with Gasteiger partial charge in [0.25, 0.3) is 0 Å². The predicted octanol–water partition coefficient (Wildman–Crippen LogP) is 3.01. The lowest BCUT2D eigenvalue weighted by Gasteiger charge is -2.01. The Kier molecular flexibility index (Phi) is 2.94. The molecule has 0 aliphatic heterocycles. The van der Waals surface area contributed by atoms with E-state index >= 15 is 0 Å². The van der Waals surface area contributed by atoms with Gasteiger partial charge in [-0.15, -0.1) is 0 Å². The molecule has 0 fully saturated rings. The summed E-state index contributed by atoms with van der Waals surface area (Å²) in [5.41, 5.74) is 1.40. The lowest BCUT2D eigenvalue weighted by molar-refractivity contribution is 0.960. The van der Waals surface area contributed by atoms with Gasteiger partial charge in [-0.25, -0.2) is 0 Å². The van der Waals surface area contributed by atoms with Crippen molar-refractivity contribution in [3.63, 3.8) is 0 Å². The molecular weight excluding hydrogens is 188 g/mol. The second-order valence-electron chi connectivity index (χ2n) is 2.47. The quantitative estimate of drug-likeness (QED) is 0.642. The van der Waals surface area contributed by atoms with Gasteiger partial charge in [-0.1, -0.05) is 53.2 Å². The summed E-state index contributed by atoms with van der Waals surface area (Å²) in [6.45, 7) is 2.16. The second kappa shape index (κ2) is 3.77. The Bertz CT molecular complexity index is 179. The molecule has 0 N–H and O–H groups in total. The largest absolute Gasteiger partial charge is 0.0890 e. The highest BCUT2D eigenvalue weighted by Crippen LogP contribution is 2.07. The fourth-order valence-corrected chi connectivity index (χ4v) is 1.31. The molecule has 54 valence electrons. The minimum Gasteiger partial charge on any atom is -0.0890 e. The van der Waals surface area contributed by atoms with Gasteiger partial charge in [0.15, 0.2) is 0 Å². The number of rotatable bonds is 2. The topological polar surface area (TPSA) is 0 Å². The van der Waals surface area contributed by atoms with E-state index in [4.69, 9.17) is 0 Å². The van der Waals surface area contributed by atoms with Crippen LogP contribution in [0.5, 0.6) is 0 Å². The Balaban J connectivity index is 2.59. The van der Waals surface area contributed by atoms with Crippen LogP contribution in [0.4, 0.5) is 0 Å². The van der Waals surface area contributed by atoms with E-state index in [1.807, 2.05) is 6.07 Å². The first-order valence-electron chi connectivity index (χ1n) is 3.47. The van der Waals surface area contributed by atoms with Crippen molar-refractivity contribution < 1.29 is 0 Å². The van der Waals surface area contributed by atoms with E-state index in [9.17, 15) is 0 Å². The number of hydrogen-bond donors (Lipinski definition) is 0. The average molecular weight is 199 g/mol. The first-order valence-corrected chi connectivity index (χ1v) is 4.38. The van der Waals surface area contributed by atoms with Crippen molar-refractivity contribution in [1.29, 1.82) is 0 Å².